The lowest BCUT2D eigenvalue weighted by Gasteiger charge is -2.14. The second kappa shape index (κ2) is 7.99. The Kier molecular flexibility index (Phi) is 5.99. The molecule has 2 N–H and O–H groups in total. The van der Waals surface area contributed by atoms with Crippen LogP contribution in [0.3, 0.4) is 0 Å². The lowest BCUT2D eigenvalue weighted by Crippen LogP contribution is -2.30. The van der Waals surface area contributed by atoms with Crippen molar-refractivity contribution < 1.29 is 19.1 Å². The Morgan fingerprint density at radius 3 is 2.84 bits per heavy atom. The number of aromatic nitrogens is 1. The van der Waals surface area contributed by atoms with Gasteiger partial charge in [0.15, 0.2) is 6.10 Å². The van der Waals surface area contributed by atoms with E-state index in [4.69, 9.17) is 15.2 Å². The zero-order valence-corrected chi connectivity index (χ0v) is 14.7. The van der Waals surface area contributed by atoms with E-state index >= 15 is 0 Å². The normalized spacial score (nSPS) is 18.6. The van der Waals surface area contributed by atoms with Crippen LogP contribution in [0.2, 0.25) is 0 Å². The average molecular weight is 345 g/mol. The van der Waals surface area contributed by atoms with Gasteiger partial charge in [0.1, 0.15) is 11.6 Å². The average Bonchev–Trinajstić information content (AvgIpc) is 3.16. The van der Waals surface area contributed by atoms with Crippen LogP contribution < -0.4 is 5.73 Å². The maximum absolute atomic E-state index is 12.0. The molecular formula is C18H23N3O4. The Labute approximate surface area is 147 Å². The van der Waals surface area contributed by atoms with Gasteiger partial charge in [-0.2, -0.15) is 5.26 Å². The predicted octanol–water partition coefficient (Wildman–Crippen LogP) is 1.61. The summed E-state index contributed by atoms with van der Waals surface area (Å²) in [5, 5.41) is 9.24. The number of nitrogens with two attached hydrogens (primary N) is 1. The lowest BCUT2D eigenvalue weighted by atomic mass is 10.1. The third-order valence-corrected chi connectivity index (χ3v) is 4.35. The Bertz CT molecular complexity index is 736. The number of ether oxygens (including phenoxy) is 2. The van der Waals surface area contributed by atoms with Crippen LogP contribution >= 0.6 is 0 Å². The first kappa shape index (κ1) is 18.7. The van der Waals surface area contributed by atoms with E-state index in [0.717, 1.165) is 42.9 Å². The third-order valence-electron chi connectivity index (χ3n) is 4.35. The van der Waals surface area contributed by atoms with Gasteiger partial charge in [-0.15, -0.1) is 0 Å². The Balaban J connectivity index is 2.21. The molecule has 0 saturated carbocycles. The van der Waals surface area contributed by atoms with Gasteiger partial charge in [0, 0.05) is 24.5 Å². The van der Waals surface area contributed by atoms with E-state index in [9.17, 15) is 14.9 Å². The molecule has 1 amide bonds. The lowest BCUT2D eigenvalue weighted by molar-refractivity contribution is -0.149. The van der Waals surface area contributed by atoms with E-state index in [-0.39, 0.29) is 11.7 Å². The van der Waals surface area contributed by atoms with Crippen molar-refractivity contribution in [3.63, 3.8) is 0 Å². The van der Waals surface area contributed by atoms with Gasteiger partial charge in [0.25, 0.3) is 5.91 Å². The van der Waals surface area contributed by atoms with Crippen molar-refractivity contribution in [3.8, 4) is 6.07 Å². The smallest absolute Gasteiger partial charge is 0.349 e. The van der Waals surface area contributed by atoms with Gasteiger partial charge >= 0.3 is 5.97 Å². The van der Waals surface area contributed by atoms with Crippen molar-refractivity contribution in [1.82, 2.24) is 4.57 Å². The minimum Gasteiger partial charge on any atom is -0.448 e. The van der Waals surface area contributed by atoms with E-state index in [0.29, 0.717) is 0 Å². The van der Waals surface area contributed by atoms with Crippen molar-refractivity contribution in [2.45, 2.75) is 52.4 Å². The molecule has 1 aliphatic heterocycles. The zero-order chi connectivity index (χ0) is 18.6. The minimum atomic E-state index is -1.09. The summed E-state index contributed by atoms with van der Waals surface area (Å²) in [6.45, 7) is 6.80. The Morgan fingerprint density at radius 1 is 1.56 bits per heavy atom. The molecule has 0 aromatic carbocycles. The minimum absolute atomic E-state index is 0.175. The molecule has 2 rings (SSSR count). The van der Waals surface area contributed by atoms with Crippen LogP contribution in [0.15, 0.2) is 11.6 Å². The number of nitrogens with zero attached hydrogens (tertiary/aromatic N) is 2. The van der Waals surface area contributed by atoms with Gasteiger partial charge in [-0.05, 0) is 51.3 Å². The molecule has 0 unspecified atom stereocenters. The van der Waals surface area contributed by atoms with Crippen LogP contribution in [0.4, 0.5) is 0 Å². The van der Waals surface area contributed by atoms with Crippen LogP contribution in [-0.2, 0) is 25.6 Å². The summed E-state index contributed by atoms with van der Waals surface area (Å²) in [7, 11) is 0. The molecule has 25 heavy (non-hydrogen) atoms. The first-order chi connectivity index (χ1) is 11.8. The largest absolute Gasteiger partial charge is 0.448 e. The number of hydrogen-bond acceptors (Lipinski definition) is 5. The van der Waals surface area contributed by atoms with Gasteiger partial charge in [-0.3, -0.25) is 4.79 Å². The molecule has 2 atom stereocenters. The van der Waals surface area contributed by atoms with E-state index in [1.54, 1.807) is 0 Å². The molecule has 0 aliphatic carbocycles. The summed E-state index contributed by atoms with van der Waals surface area (Å²) < 4.78 is 12.7. The molecule has 0 spiro atoms. The van der Waals surface area contributed by atoms with E-state index < -0.39 is 18.0 Å². The SMILES string of the molecule is Cc1cc(/C=C(\C#N)C(=O)O[C@H](C)C(N)=O)c(C)n1C[C@H]1CCCO1. The molecule has 1 aromatic heterocycles. The molecule has 134 valence electrons. The highest BCUT2D eigenvalue weighted by atomic mass is 16.5. The highest BCUT2D eigenvalue weighted by Crippen LogP contribution is 2.22. The van der Waals surface area contributed by atoms with E-state index in [1.165, 1.54) is 13.0 Å². The fourth-order valence-electron chi connectivity index (χ4n) is 2.82. The molecular weight excluding hydrogens is 322 g/mol. The third kappa shape index (κ3) is 4.48. The number of hydrogen-bond donors (Lipinski definition) is 1. The fraction of sp³-hybridized carbons (Fsp3) is 0.500. The molecule has 0 radical (unpaired) electrons. The van der Waals surface area contributed by atoms with Crippen molar-refractivity contribution in [2.24, 2.45) is 5.73 Å². The van der Waals surface area contributed by atoms with Gasteiger partial charge < -0.3 is 19.8 Å². The second-order valence-corrected chi connectivity index (χ2v) is 6.19. The van der Waals surface area contributed by atoms with Gasteiger partial charge in [0.05, 0.1) is 6.10 Å². The highest BCUT2D eigenvalue weighted by Gasteiger charge is 2.21. The maximum atomic E-state index is 12.0. The zero-order valence-electron chi connectivity index (χ0n) is 14.7. The summed E-state index contributed by atoms with van der Waals surface area (Å²) in [6, 6.07) is 3.73. The quantitative estimate of drug-likeness (QED) is 0.479. The van der Waals surface area contributed by atoms with Gasteiger partial charge in [-0.25, -0.2) is 4.79 Å². The fourth-order valence-corrected chi connectivity index (χ4v) is 2.82. The van der Waals surface area contributed by atoms with Gasteiger partial charge in [-0.1, -0.05) is 0 Å². The molecule has 1 aliphatic rings. The van der Waals surface area contributed by atoms with Gasteiger partial charge in [0.2, 0.25) is 0 Å². The highest BCUT2D eigenvalue weighted by molar-refractivity contribution is 5.99. The van der Waals surface area contributed by atoms with Crippen molar-refractivity contribution in [2.75, 3.05) is 6.61 Å². The topological polar surface area (TPSA) is 107 Å². The molecule has 2 heterocycles. The van der Waals surface area contributed by atoms with Crippen molar-refractivity contribution >= 4 is 18.0 Å². The first-order valence-corrected chi connectivity index (χ1v) is 8.24. The number of esters is 1. The van der Waals surface area contributed by atoms with Crippen LogP contribution in [-0.4, -0.2) is 35.3 Å². The molecule has 0 bridgehead atoms. The number of carbonyl (C=O) groups excluding carboxylic acids is 2. The number of aryl methyl sites for hydroxylation is 1. The summed E-state index contributed by atoms with van der Waals surface area (Å²) in [6.07, 6.45) is 2.68. The van der Waals surface area contributed by atoms with E-state index in [2.05, 4.69) is 4.57 Å². The molecule has 1 fully saturated rings. The van der Waals surface area contributed by atoms with Crippen LogP contribution in [0.1, 0.15) is 36.7 Å². The van der Waals surface area contributed by atoms with Crippen molar-refractivity contribution in [3.05, 3.63) is 28.6 Å². The standard InChI is InChI=1S/C18H23N3O4/c1-11-7-14(12(2)21(11)10-16-5-4-6-24-16)8-15(9-19)18(23)25-13(3)17(20)22/h7-8,13,16H,4-6,10H2,1-3H3,(H2,20,22)/b15-8+/t13-,16-/m1/s1. The summed E-state index contributed by atoms with van der Waals surface area (Å²) >= 11 is 0. The first-order valence-electron chi connectivity index (χ1n) is 8.24. The number of amides is 1. The Hall–Kier alpha value is -2.59. The number of rotatable bonds is 6. The maximum Gasteiger partial charge on any atom is 0.349 e. The summed E-state index contributed by atoms with van der Waals surface area (Å²) in [5.41, 5.74) is 7.62. The molecule has 1 aromatic rings. The van der Waals surface area contributed by atoms with E-state index in [1.807, 2.05) is 26.0 Å². The van der Waals surface area contributed by atoms with Crippen LogP contribution in [0, 0.1) is 25.2 Å². The number of carbonyl (C=O) groups is 2. The summed E-state index contributed by atoms with van der Waals surface area (Å²) in [4.78, 5) is 23.0. The van der Waals surface area contributed by atoms with Crippen LogP contribution in [0.25, 0.3) is 6.08 Å². The summed E-state index contributed by atoms with van der Waals surface area (Å²) in [5.74, 6) is -1.63. The number of primary amides is 1. The second-order valence-electron chi connectivity index (χ2n) is 6.19. The Morgan fingerprint density at radius 2 is 2.28 bits per heavy atom. The molecule has 7 heteroatoms. The van der Waals surface area contributed by atoms with Crippen molar-refractivity contribution in [1.29, 1.82) is 5.26 Å². The molecule has 7 nitrogen and oxygen atoms in total. The molecule has 1 saturated heterocycles. The van der Waals surface area contributed by atoms with Crippen LogP contribution in [0.5, 0.6) is 0 Å². The number of nitriles is 1. The predicted molar refractivity (Wildman–Crippen MR) is 91.2 cm³/mol. The monoisotopic (exact) mass is 345 g/mol.